The molecule has 30 heavy (non-hydrogen) atoms. The molecule has 150 valence electrons. The number of aryl methyl sites for hydroxylation is 1. The van der Waals surface area contributed by atoms with Crippen LogP contribution in [0.4, 0.5) is 10.1 Å². The molecule has 6 nitrogen and oxygen atoms in total. The number of benzene rings is 2. The van der Waals surface area contributed by atoms with Gasteiger partial charge >= 0.3 is 0 Å². The first-order chi connectivity index (χ1) is 14.6. The van der Waals surface area contributed by atoms with Gasteiger partial charge in [0.05, 0.1) is 11.2 Å². The lowest BCUT2D eigenvalue weighted by Gasteiger charge is -2.33. The van der Waals surface area contributed by atoms with E-state index in [1.165, 1.54) is 10.6 Å². The first-order valence-corrected chi connectivity index (χ1v) is 9.90. The number of anilines is 1. The lowest BCUT2D eigenvalue weighted by molar-refractivity contribution is 0.407. The molecule has 0 N–H and O–H groups in total. The van der Waals surface area contributed by atoms with Crippen molar-refractivity contribution in [3.8, 4) is 6.07 Å². The molecule has 0 radical (unpaired) electrons. The van der Waals surface area contributed by atoms with Gasteiger partial charge in [0, 0.05) is 31.4 Å². The molecule has 3 heterocycles. The number of hydrogen-bond acceptors (Lipinski definition) is 5. The van der Waals surface area contributed by atoms with Crippen LogP contribution in [0.1, 0.15) is 30.2 Å². The van der Waals surface area contributed by atoms with E-state index < -0.39 is 0 Å². The highest BCUT2D eigenvalue weighted by Gasteiger charge is 2.28. The molecule has 1 aliphatic heterocycles. The van der Waals surface area contributed by atoms with Crippen LogP contribution >= 0.6 is 0 Å². The van der Waals surface area contributed by atoms with Gasteiger partial charge in [0.1, 0.15) is 17.1 Å². The Balaban J connectivity index is 1.49. The maximum Gasteiger partial charge on any atom is 0.270 e. The molecule has 4 aromatic rings. The number of piperidine rings is 1. The number of para-hydroxylation sites is 2. The first kappa shape index (κ1) is 18.4. The number of fused-ring (bicyclic) bond motifs is 2. The Morgan fingerprint density at radius 1 is 1.17 bits per heavy atom. The molecule has 7 heteroatoms. The molecule has 0 saturated carbocycles. The average Bonchev–Trinajstić information content (AvgIpc) is 3.22. The highest BCUT2D eigenvalue weighted by atomic mass is 19.1. The van der Waals surface area contributed by atoms with Gasteiger partial charge in [-0.1, -0.05) is 24.3 Å². The second-order valence-electron chi connectivity index (χ2n) is 7.62. The number of halogens is 1. The van der Waals surface area contributed by atoms with Gasteiger partial charge < -0.3 is 13.9 Å². The summed E-state index contributed by atoms with van der Waals surface area (Å²) in [5.74, 6) is 0.227. The Morgan fingerprint density at radius 3 is 2.67 bits per heavy atom. The largest absolute Gasteiger partial charge is 0.440 e. The Kier molecular flexibility index (Phi) is 4.28. The second kappa shape index (κ2) is 6.99. The fourth-order valence-corrected chi connectivity index (χ4v) is 4.37. The lowest BCUT2D eigenvalue weighted by atomic mass is 9.95. The number of oxazole rings is 1. The van der Waals surface area contributed by atoms with E-state index in [-0.39, 0.29) is 28.4 Å². The van der Waals surface area contributed by atoms with E-state index in [1.54, 1.807) is 19.2 Å². The van der Waals surface area contributed by atoms with Crippen LogP contribution in [-0.4, -0.2) is 22.6 Å². The number of rotatable bonds is 2. The van der Waals surface area contributed by atoms with E-state index >= 15 is 0 Å². The van der Waals surface area contributed by atoms with Crippen molar-refractivity contribution in [2.45, 2.75) is 18.8 Å². The van der Waals surface area contributed by atoms with E-state index in [2.05, 4.69) is 16.0 Å². The zero-order valence-electron chi connectivity index (χ0n) is 16.4. The summed E-state index contributed by atoms with van der Waals surface area (Å²) >= 11 is 0. The number of pyridine rings is 1. The molecule has 2 aromatic heterocycles. The number of nitrogens with zero attached hydrogens (tertiary/aromatic N) is 4. The fraction of sp³-hybridized carbons (Fsp3) is 0.261. The molecular formula is C23H19FN4O2. The van der Waals surface area contributed by atoms with Crippen LogP contribution in [0.5, 0.6) is 0 Å². The Hall–Kier alpha value is -3.66. The minimum atomic E-state index is -0.384. The minimum absolute atomic E-state index is 0.0661. The van der Waals surface area contributed by atoms with Crippen molar-refractivity contribution < 1.29 is 8.81 Å². The molecule has 0 atom stereocenters. The SMILES string of the molecule is Cn1c(=O)c(C#N)c(N2CCC(c3nc4c(F)cccc4o3)CC2)c2ccccc21. The van der Waals surface area contributed by atoms with Crippen molar-refractivity contribution in [3.63, 3.8) is 0 Å². The van der Waals surface area contributed by atoms with Crippen molar-refractivity contribution >= 4 is 27.7 Å². The molecule has 0 amide bonds. The van der Waals surface area contributed by atoms with Gasteiger partial charge in [-0.15, -0.1) is 0 Å². The van der Waals surface area contributed by atoms with Crippen molar-refractivity contribution in [2.24, 2.45) is 7.05 Å². The summed E-state index contributed by atoms with van der Waals surface area (Å²) in [7, 11) is 1.69. The zero-order valence-corrected chi connectivity index (χ0v) is 16.4. The van der Waals surface area contributed by atoms with Crippen LogP contribution in [-0.2, 0) is 7.05 Å². The van der Waals surface area contributed by atoms with Crippen molar-refractivity contribution in [1.29, 1.82) is 5.26 Å². The van der Waals surface area contributed by atoms with E-state index in [1.807, 2.05) is 24.3 Å². The third kappa shape index (κ3) is 2.76. The third-order valence-corrected chi connectivity index (χ3v) is 5.93. The van der Waals surface area contributed by atoms with Gasteiger partial charge in [0.15, 0.2) is 17.3 Å². The molecule has 1 aliphatic rings. The lowest BCUT2D eigenvalue weighted by Crippen LogP contribution is -2.35. The van der Waals surface area contributed by atoms with Crippen molar-refractivity contribution in [3.05, 3.63) is 70.1 Å². The van der Waals surface area contributed by atoms with Gasteiger partial charge in [0.2, 0.25) is 0 Å². The van der Waals surface area contributed by atoms with Crippen LogP contribution in [0.25, 0.3) is 22.0 Å². The second-order valence-corrected chi connectivity index (χ2v) is 7.62. The topological polar surface area (TPSA) is 75.1 Å². The maximum absolute atomic E-state index is 14.0. The number of nitriles is 1. The summed E-state index contributed by atoms with van der Waals surface area (Å²) < 4.78 is 21.3. The van der Waals surface area contributed by atoms with E-state index in [4.69, 9.17) is 4.42 Å². The van der Waals surface area contributed by atoms with Crippen molar-refractivity contribution in [2.75, 3.05) is 18.0 Å². The van der Waals surface area contributed by atoms with Crippen LogP contribution in [0.3, 0.4) is 0 Å². The minimum Gasteiger partial charge on any atom is -0.440 e. The molecule has 0 spiro atoms. The van der Waals surface area contributed by atoms with Crippen LogP contribution in [0.2, 0.25) is 0 Å². The molecule has 0 aliphatic carbocycles. The standard InChI is InChI=1S/C23H19FN4O2/c1-27-18-7-3-2-5-15(18)21(16(13-25)23(27)29)28-11-9-14(10-12-28)22-26-20-17(24)6-4-8-19(20)30-22/h2-8,14H,9-12H2,1H3. The molecule has 2 aromatic carbocycles. The smallest absolute Gasteiger partial charge is 0.270 e. The Labute approximate surface area is 171 Å². The molecule has 1 fully saturated rings. The van der Waals surface area contributed by atoms with E-state index in [9.17, 15) is 14.4 Å². The number of hydrogen-bond donors (Lipinski definition) is 0. The van der Waals surface area contributed by atoms with Gasteiger partial charge in [-0.05, 0) is 31.0 Å². The summed E-state index contributed by atoms with van der Waals surface area (Å²) in [6.45, 7) is 1.30. The summed E-state index contributed by atoms with van der Waals surface area (Å²) in [4.78, 5) is 19.2. The predicted molar refractivity (Wildman–Crippen MR) is 112 cm³/mol. The summed E-state index contributed by atoms with van der Waals surface area (Å²) in [5, 5.41) is 10.6. The van der Waals surface area contributed by atoms with Gasteiger partial charge in [0.25, 0.3) is 5.56 Å². The molecule has 1 saturated heterocycles. The molecule has 0 unspecified atom stereocenters. The maximum atomic E-state index is 14.0. The van der Waals surface area contributed by atoms with E-state index in [0.29, 0.717) is 30.3 Å². The normalized spacial score (nSPS) is 15.0. The van der Waals surface area contributed by atoms with E-state index in [0.717, 1.165) is 23.7 Å². The Bertz CT molecular complexity index is 1370. The summed E-state index contributed by atoms with van der Waals surface area (Å²) in [6.07, 6.45) is 1.48. The summed E-state index contributed by atoms with van der Waals surface area (Å²) in [5.41, 5.74) is 2.09. The molecule has 0 bridgehead atoms. The average molecular weight is 402 g/mol. The molecule has 5 rings (SSSR count). The number of aromatic nitrogens is 2. The van der Waals surface area contributed by atoms with Crippen molar-refractivity contribution in [1.82, 2.24) is 9.55 Å². The third-order valence-electron chi connectivity index (χ3n) is 5.93. The predicted octanol–water partition coefficient (Wildman–Crippen LogP) is 4.07. The Morgan fingerprint density at radius 2 is 1.93 bits per heavy atom. The highest BCUT2D eigenvalue weighted by molar-refractivity contribution is 5.95. The van der Waals surface area contributed by atoms with Crippen LogP contribution < -0.4 is 10.5 Å². The van der Waals surface area contributed by atoms with Gasteiger partial charge in [-0.2, -0.15) is 5.26 Å². The summed E-state index contributed by atoms with van der Waals surface area (Å²) in [6, 6.07) is 14.5. The fourth-order valence-electron chi connectivity index (χ4n) is 4.37. The van der Waals surface area contributed by atoms with Gasteiger partial charge in [-0.25, -0.2) is 9.37 Å². The van der Waals surface area contributed by atoms with Gasteiger partial charge in [-0.3, -0.25) is 4.79 Å². The quantitative estimate of drug-likeness (QED) is 0.505. The van der Waals surface area contributed by atoms with Crippen LogP contribution in [0.15, 0.2) is 51.7 Å². The monoisotopic (exact) mass is 402 g/mol. The highest BCUT2D eigenvalue weighted by Crippen LogP contribution is 2.35. The first-order valence-electron chi connectivity index (χ1n) is 9.90. The zero-order chi connectivity index (χ0) is 20.8. The van der Waals surface area contributed by atoms with Crippen LogP contribution in [0, 0.1) is 17.1 Å². The molecular weight excluding hydrogens is 383 g/mol.